The SMILES string of the molecule is C[AsH2-](C)(C)CC[O+]P(=O)(O)[O+]CC(O)CO. The van der Waals surface area contributed by atoms with Crippen LogP contribution in [0.5, 0.6) is 0 Å². The van der Waals surface area contributed by atoms with Gasteiger partial charge in [0.25, 0.3) is 0 Å². The van der Waals surface area contributed by atoms with Gasteiger partial charge in [-0.15, -0.1) is 0 Å². The fourth-order valence-corrected chi connectivity index (χ4v) is 3.71. The van der Waals surface area contributed by atoms with E-state index >= 15 is 0 Å². The third-order valence-corrected chi connectivity index (χ3v) is 6.99. The molecule has 0 spiro atoms. The Morgan fingerprint density at radius 2 is 1.88 bits per heavy atom. The molecule has 0 aromatic rings. The number of phosphoric acid groups is 1. The molecule has 0 aromatic heterocycles. The van der Waals surface area contributed by atoms with Crippen molar-refractivity contribution in [3.05, 3.63) is 0 Å². The van der Waals surface area contributed by atoms with Gasteiger partial charge in [0.15, 0.2) is 0 Å². The zero-order valence-corrected chi connectivity index (χ0v) is 13.3. The summed E-state index contributed by atoms with van der Waals surface area (Å²) in [5, 5.41) is 18.2. The molecular weight excluding hydrogens is 298 g/mol. The first-order chi connectivity index (χ1) is 7.16. The minimum absolute atomic E-state index is 0.194. The molecule has 3 N–H and O–H groups in total. The summed E-state index contributed by atoms with van der Waals surface area (Å²) in [5.41, 5.74) is 6.55. The molecule has 2 radical (unpaired) electrons. The van der Waals surface area contributed by atoms with Crippen molar-refractivity contribution in [3.8, 4) is 0 Å². The third-order valence-electron chi connectivity index (χ3n) is 1.88. The molecule has 0 saturated heterocycles. The monoisotopic (exact) mass is 321 g/mol. The molecule has 0 heterocycles. The average molecular weight is 321 g/mol. The number of hydrogen-bond acceptors (Lipinski definition) is 5. The van der Waals surface area contributed by atoms with E-state index in [1.165, 1.54) is 0 Å². The molecular formula is C8H23AsO6P+. The molecule has 2 atom stereocenters. The third kappa shape index (κ3) is 9.79. The number of rotatable bonds is 8. The van der Waals surface area contributed by atoms with Crippen LogP contribution >= 0.6 is 7.82 Å². The zero-order chi connectivity index (χ0) is 12.8. The minimum atomic E-state index is -4.08. The number of aliphatic hydroxyl groups excluding tert-OH is 2. The van der Waals surface area contributed by atoms with Crippen molar-refractivity contribution in [1.82, 2.24) is 0 Å². The van der Waals surface area contributed by atoms with E-state index in [9.17, 15) is 9.46 Å². The maximum atomic E-state index is 11.3. The van der Waals surface area contributed by atoms with Gasteiger partial charge in [0.2, 0.25) is 0 Å². The molecule has 0 bridgehead atoms. The summed E-state index contributed by atoms with van der Waals surface area (Å²) in [6.45, 7) is -0.736. The van der Waals surface area contributed by atoms with E-state index in [1.807, 2.05) is 0 Å². The second kappa shape index (κ2) is 7.12. The van der Waals surface area contributed by atoms with Gasteiger partial charge in [-0.25, -0.2) is 0 Å². The Morgan fingerprint density at radius 1 is 1.31 bits per heavy atom. The van der Waals surface area contributed by atoms with Crippen molar-refractivity contribution in [1.29, 1.82) is 0 Å². The van der Waals surface area contributed by atoms with E-state index in [2.05, 4.69) is 21.7 Å². The number of aliphatic hydroxyl groups is 2. The average Bonchev–Trinajstić information content (AvgIpc) is 2.12. The van der Waals surface area contributed by atoms with Crippen LogP contribution < -0.4 is 0 Å². The van der Waals surface area contributed by atoms with Crippen molar-refractivity contribution in [2.75, 3.05) is 19.8 Å². The normalized spacial score (nSPS) is 19.1. The Balaban J connectivity index is 3.83. The molecule has 100 valence electrons. The van der Waals surface area contributed by atoms with Crippen LogP contribution in [0.1, 0.15) is 0 Å². The summed E-state index contributed by atoms with van der Waals surface area (Å²) in [5.74, 6) is 0. The standard InChI is InChI=1S/C8H23AsO6P/c1-9(2,3)4-5-14-16(12,13)15-7-8(11)6-10/h8,10-11H,4-7,9H2,1-3H3,(H,12,13)/q+1. The summed E-state index contributed by atoms with van der Waals surface area (Å²) in [7, 11) is -4.08. The summed E-state index contributed by atoms with van der Waals surface area (Å²) in [6, 6.07) is 0. The van der Waals surface area contributed by atoms with Crippen LogP contribution in [0.25, 0.3) is 0 Å². The van der Waals surface area contributed by atoms with Crippen molar-refractivity contribution in [2.24, 2.45) is 0 Å². The zero-order valence-electron chi connectivity index (χ0n) is 10.00. The summed E-state index contributed by atoms with van der Waals surface area (Å²) < 4.78 is 20.5. The van der Waals surface area contributed by atoms with Crippen LogP contribution in [0.3, 0.4) is 0 Å². The summed E-state index contributed by atoms with van der Waals surface area (Å²) in [6.07, 6.45) is -1.16. The molecule has 0 fully saturated rings. The van der Waals surface area contributed by atoms with Gasteiger partial charge >= 0.3 is 98.4 Å². The summed E-state index contributed by atoms with van der Waals surface area (Å²) >= 11 is -1.92. The Bertz CT molecular complexity index is 241. The quantitative estimate of drug-likeness (QED) is 0.337. The fraction of sp³-hybridized carbons (Fsp3) is 1.00. The van der Waals surface area contributed by atoms with Crippen LogP contribution in [0.4, 0.5) is 0 Å². The van der Waals surface area contributed by atoms with Gasteiger partial charge in [-0.1, -0.05) is 0 Å². The van der Waals surface area contributed by atoms with Gasteiger partial charge in [0.05, 0.1) is 0 Å². The van der Waals surface area contributed by atoms with Gasteiger partial charge < -0.3 is 0 Å². The van der Waals surface area contributed by atoms with E-state index in [-0.39, 0.29) is 6.61 Å². The molecule has 16 heavy (non-hydrogen) atoms. The first kappa shape index (κ1) is 16.6. The van der Waals surface area contributed by atoms with Gasteiger partial charge in [-0.2, -0.15) is 0 Å². The van der Waals surface area contributed by atoms with Crippen molar-refractivity contribution < 1.29 is 28.7 Å². The van der Waals surface area contributed by atoms with Crippen LogP contribution in [-0.4, -0.2) is 54.6 Å². The van der Waals surface area contributed by atoms with E-state index in [0.717, 1.165) is 5.21 Å². The van der Waals surface area contributed by atoms with Crippen molar-refractivity contribution in [3.63, 3.8) is 0 Å². The molecule has 0 aromatic carbocycles. The molecule has 0 rings (SSSR count). The molecule has 0 aliphatic rings. The van der Waals surface area contributed by atoms with Gasteiger partial charge in [-0.3, -0.25) is 0 Å². The topological polar surface area (TPSA) is 100 Å². The molecule has 0 saturated carbocycles. The van der Waals surface area contributed by atoms with Gasteiger partial charge in [0, 0.05) is 0 Å². The number of hydrogen-bond donors (Lipinski definition) is 3. The number of phosphoric ester groups is 1. The van der Waals surface area contributed by atoms with E-state index in [4.69, 9.17) is 14.7 Å². The van der Waals surface area contributed by atoms with E-state index in [1.54, 1.807) is 0 Å². The second-order valence-corrected chi connectivity index (χ2v) is 20.3. The van der Waals surface area contributed by atoms with Gasteiger partial charge in [-0.05, 0) is 0 Å². The predicted molar refractivity (Wildman–Crippen MR) is 65.8 cm³/mol. The molecule has 2 unspecified atom stereocenters. The molecule has 8 heteroatoms. The van der Waals surface area contributed by atoms with Crippen LogP contribution in [-0.2, 0) is 13.6 Å². The first-order valence-corrected chi connectivity index (χ1v) is 15.8. The molecule has 6 nitrogen and oxygen atoms in total. The molecule has 0 aliphatic heterocycles. The first-order valence-electron chi connectivity index (χ1n) is 5.36. The van der Waals surface area contributed by atoms with Gasteiger partial charge in [0.1, 0.15) is 0 Å². The Hall–Kier alpha value is 0.588. The molecule has 0 aliphatic carbocycles. The fourth-order valence-electron chi connectivity index (χ4n) is 0.792. The van der Waals surface area contributed by atoms with Crippen LogP contribution in [0.15, 0.2) is 0 Å². The Kier molecular flexibility index (Phi) is 7.38. The Labute approximate surface area is 98.6 Å². The maximum absolute atomic E-state index is 11.3. The van der Waals surface area contributed by atoms with E-state index < -0.39 is 40.7 Å². The second-order valence-electron chi connectivity index (χ2n) is 5.18. The van der Waals surface area contributed by atoms with E-state index in [0.29, 0.717) is 0 Å². The Morgan fingerprint density at radius 3 is 2.31 bits per heavy atom. The summed E-state index contributed by atoms with van der Waals surface area (Å²) in [4.78, 5) is 9.20. The predicted octanol–water partition coefficient (Wildman–Crippen LogP) is 0.276. The molecule has 0 amide bonds. The van der Waals surface area contributed by atoms with Crippen LogP contribution in [0, 0.1) is 0 Å². The van der Waals surface area contributed by atoms with Crippen LogP contribution in [0.2, 0.25) is 22.3 Å². The van der Waals surface area contributed by atoms with Crippen molar-refractivity contribution >= 4 is 21.4 Å². The van der Waals surface area contributed by atoms with Crippen molar-refractivity contribution in [2.45, 2.75) is 28.4 Å².